The molecule has 0 bridgehead atoms. The van der Waals surface area contributed by atoms with Crippen molar-refractivity contribution in [3.63, 3.8) is 0 Å². The maximum atomic E-state index is 12.9. The molecule has 6 heteroatoms. The standard InChI is InChI=1S/C75H136O6/c1-4-7-10-13-16-19-22-25-28-31-32-33-34-35-36-37-38-39-40-41-42-45-47-50-53-56-59-62-65-68-74(77)80-71-72(81-75(78)69-66-63-60-57-54-51-48-44-30-27-24-21-18-15-12-9-6-3)70-79-73(76)67-64-61-58-55-52-49-46-43-29-26-23-20-17-14-11-8-5-2/h18,21-22,25-27,29-32,72H,4-17,19-20,23-24,28,33-71H2,1-3H3/b21-18-,25-22-,29-26-,30-27-,32-31-. The molecule has 0 aliphatic carbocycles. The molecule has 0 aliphatic heterocycles. The quantitative estimate of drug-likeness (QED) is 0.0261. The maximum absolute atomic E-state index is 12.9. The van der Waals surface area contributed by atoms with Gasteiger partial charge in [0.05, 0.1) is 0 Å². The predicted molar refractivity (Wildman–Crippen MR) is 353 cm³/mol. The molecule has 0 amide bonds. The van der Waals surface area contributed by atoms with E-state index in [4.69, 9.17) is 14.2 Å². The van der Waals surface area contributed by atoms with Gasteiger partial charge in [0.15, 0.2) is 6.10 Å². The minimum atomic E-state index is -0.781. The zero-order chi connectivity index (χ0) is 58.5. The summed E-state index contributed by atoms with van der Waals surface area (Å²) in [6, 6.07) is 0. The molecule has 0 aliphatic rings. The highest BCUT2D eigenvalue weighted by atomic mass is 16.6. The van der Waals surface area contributed by atoms with E-state index in [9.17, 15) is 14.4 Å². The summed E-state index contributed by atoms with van der Waals surface area (Å²) in [5.74, 6) is -0.864. The number of hydrogen-bond acceptors (Lipinski definition) is 6. The van der Waals surface area contributed by atoms with Crippen LogP contribution in [0.5, 0.6) is 0 Å². The van der Waals surface area contributed by atoms with Crippen molar-refractivity contribution in [2.75, 3.05) is 13.2 Å². The highest BCUT2D eigenvalue weighted by Gasteiger charge is 2.19. The van der Waals surface area contributed by atoms with E-state index in [1.54, 1.807) is 0 Å². The summed E-state index contributed by atoms with van der Waals surface area (Å²) in [5.41, 5.74) is 0. The molecular formula is C75H136O6. The molecule has 0 saturated heterocycles. The predicted octanol–water partition coefficient (Wildman–Crippen LogP) is 24.7. The Balaban J connectivity index is 4.25. The Kier molecular flexibility index (Phi) is 67.1. The van der Waals surface area contributed by atoms with E-state index in [0.29, 0.717) is 19.3 Å². The molecule has 6 nitrogen and oxygen atoms in total. The average molecular weight is 1130 g/mol. The van der Waals surface area contributed by atoms with E-state index >= 15 is 0 Å². The monoisotopic (exact) mass is 1130 g/mol. The lowest BCUT2D eigenvalue weighted by atomic mass is 10.0. The van der Waals surface area contributed by atoms with Crippen LogP contribution < -0.4 is 0 Å². The van der Waals surface area contributed by atoms with Crippen molar-refractivity contribution >= 4 is 17.9 Å². The highest BCUT2D eigenvalue weighted by Crippen LogP contribution is 2.18. The van der Waals surface area contributed by atoms with Crippen LogP contribution in [0.1, 0.15) is 380 Å². The molecule has 0 radical (unpaired) electrons. The SMILES string of the molecule is CCCCC/C=C\C/C=C\CCCCCCCCCC(=O)OC(COC(=O)CCCCCCCCC/C=C\CCCCCCCC)COC(=O)CCCCCCCCCCCCCCCCCCC/C=C\C/C=C\CCCCCCC. The highest BCUT2D eigenvalue weighted by molar-refractivity contribution is 5.71. The first-order valence-corrected chi connectivity index (χ1v) is 35.8. The normalized spacial score (nSPS) is 12.4. The number of ether oxygens (including phenoxy) is 3. The summed E-state index contributed by atoms with van der Waals surface area (Å²) in [5, 5.41) is 0. The molecule has 0 aromatic heterocycles. The summed E-state index contributed by atoms with van der Waals surface area (Å²) in [4.78, 5) is 38.4. The summed E-state index contributed by atoms with van der Waals surface area (Å²) < 4.78 is 17.0. The first-order chi connectivity index (χ1) is 40.0. The van der Waals surface area contributed by atoms with Gasteiger partial charge in [-0.2, -0.15) is 0 Å². The van der Waals surface area contributed by atoms with Crippen LogP contribution in [0.2, 0.25) is 0 Å². The molecule has 1 atom stereocenters. The first kappa shape index (κ1) is 78.1. The van der Waals surface area contributed by atoms with Crippen LogP contribution in [0.3, 0.4) is 0 Å². The molecule has 0 N–H and O–H groups in total. The summed E-state index contributed by atoms with van der Waals surface area (Å²) in [6.07, 6.45) is 89.6. The molecule has 81 heavy (non-hydrogen) atoms. The molecule has 472 valence electrons. The van der Waals surface area contributed by atoms with Gasteiger partial charge in [-0.15, -0.1) is 0 Å². The lowest BCUT2D eigenvalue weighted by Gasteiger charge is -2.18. The van der Waals surface area contributed by atoms with Crippen molar-refractivity contribution in [1.82, 2.24) is 0 Å². The summed E-state index contributed by atoms with van der Waals surface area (Å²) >= 11 is 0. The van der Waals surface area contributed by atoms with Crippen LogP contribution in [-0.4, -0.2) is 37.2 Å². The number of unbranched alkanes of at least 4 members (excludes halogenated alkanes) is 45. The molecule has 0 aromatic rings. The number of allylic oxidation sites excluding steroid dienone is 10. The van der Waals surface area contributed by atoms with Crippen LogP contribution in [0, 0.1) is 0 Å². The summed E-state index contributed by atoms with van der Waals surface area (Å²) in [6.45, 7) is 6.65. The number of carbonyl (C=O) groups is 3. The van der Waals surface area contributed by atoms with Crippen molar-refractivity contribution in [3.8, 4) is 0 Å². The zero-order valence-electron chi connectivity index (χ0n) is 54.3. The minimum absolute atomic E-state index is 0.0754. The Bertz CT molecular complexity index is 1440. The first-order valence-electron chi connectivity index (χ1n) is 35.8. The van der Waals surface area contributed by atoms with Gasteiger partial charge in [-0.25, -0.2) is 0 Å². The molecular weight excluding hydrogens is 997 g/mol. The second kappa shape index (κ2) is 69.6. The Hall–Kier alpha value is -2.89. The van der Waals surface area contributed by atoms with Crippen molar-refractivity contribution in [1.29, 1.82) is 0 Å². The van der Waals surface area contributed by atoms with E-state index in [2.05, 4.69) is 81.5 Å². The Morgan fingerprint density at radius 2 is 0.444 bits per heavy atom. The van der Waals surface area contributed by atoms with Crippen molar-refractivity contribution in [3.05, 3.63) is 60.8 Å². The van der Waals surface area contributed by atoms with Crippen LogP contribution >= 0.6 is 0 Å². The number of hydrogen-bond donors (Lipinski definition) is 0. The summed E-state index contributed by atoms with van der Waals surface area (Å²) in [7, 11) is 0. The van der Waals surface area contributed by atoms with Gasteiger partial charge >= 0.3 is 17.9 Å². The smallest absolute Gasteiger partial charge is 0.306 e. The van der Waals surface area contributed by atoms with Gasteiger partial charge in [0.2, 0.25) is 0 Å². The van der Waals surface area contributed by atoms with Crippen LogP contribution in [0.15, 0.2) is 60.8 Å². The van der Waals surface area contributed by atoms with Gasteiger partial charge in [0.1, 0.15) is 13.2 Å². The Morgan fingerprint density at radius 1 is 0.247 bits per heavy atom. The Morgan fingerprint density at radius 3 is 0.716 bits per heavy atom. The molecule has 0 rings (SSSR count). The third-order valence-electron chi connectivity index (χ3n) is 16.0. The number of rotatable bonds is 66. The van der Waals surface area contributed by atoms with Gasteiger partial charge < -0.3 is 14.2 Å². The van der Waals surface area contributed by atoms with Crippen molar-refractivity contribution < 1.29 is 28.6 Å². The molecule has 0 fully saturated rings. The van der Waals surface area contributed by atoms with E-state index in [-0.39, 0.29) is 31.1 Å². The number of carbonyl (C=O) groups excluding carboxylic acids is 3. The van der Waals surface area contributed by atoms with Gasteiger partial charge in [-0.1, -0.05) is 313 Å². The maximum Gasteiger partial charge on any atom is 0.306 e. The topological polar surface area (TPSA) is 78.9 Å². The van der Waals surface area contributed by atoms with Gasteiger partial charge in [0.25, 0.3) is 0 Å². The Labute approximate surface area is 504 Å². The molecule has 0 aromatic carbocycles. The minimum Gasteiger partial charge on any atom is -0.462 e. The van der Waals surface area contributed by atoms with Crippen LogP contribution in [-0.2, 0) is 28.6 Å². The second-order valence-electron chi connectivity index (χ2n) is 24.1. The molecule has 0 spiro atoms. The molecule has 1 unspecified atom stereocenters. The van der Waals surface area contributed by atoms with E-state index in [0.717, 1.165) is 77.0 Å². The van der Waals surface area contributed by atoms with E-state index in [1.165, 1.54) is 263 Å². The van der Waals surface area contributed by atoms with Crippen molar-refractivity contribution in [2.45, 2.75) is 386 Å². The van der Waals surface area contributed by atoms with Gasteiger partial charge in [0, 0.05) is 19.3 Å². The van der Waals surface area contributed by atoms with E-state index in [1.807, 2.05) is 0 Å². The van der Waals surface area contributed by atoms with Crippen LogP contribution in [0.25, 0.3) is 0 Å². The fourth-order valence-electron chi connectivity index (χ4n) is 10.6. The number of esters is 3. The lowest BCUT2D eigenvalue weighted by molar-refractivity contribution is -0.167. The van der Waals surface area contributed by atoms with Gasteiger partial charge in [-0.3, -0.25) is 14.4 Å². The molecule has 0 saturated carbocycles. The van der Waals surface area contributed by atoms with Crippen molar-refractivity contribution in [2.24, 2.45) is 0 Å². The third kappa shape index (κ3) is 67.8. The fourth-order valence-corrected chi connectivity index (χ4v) is 10.6. The largest absolute Gasteiger partial charge is 0.462 e. The van der Waals surface area contributed by atoms with Crippen LogP contribution in [0.4, 0.5) is 0 Å². The average Bonchev–Trinajstić information content (AvgIpc) is 3.47. The fraction of sp³-hybridized carbons (Fsp3) is 0.827. The zero-order valence-corrected chi connectivity index (χ0v) is 54.3. The molecule has 0 heterocycles. The van der Waals surface area contributed by atoms with Gasteiger partial charge in [-0.05, 0) is 109 Å². The third-order valence-corrected chi connectivity index (χ3v) is 16.0. The van der Waals surface area contributed by atoms with E-state index < -0.39 is 6.10 Å². The second-order valence-corrected chi connectivity index (χ2v) is 24.1. The lowest BCUT2D eigenvalue weighted by Crippen LogP contribution is -2.30.